The number of allylic oxidation sites excluding steroid dienone is 1. The number of hydrogen-bond acceptors (Lipinski definition) is 1. The van der Waals surface area contributed by atoms with Gasteiger partial charge in [0, 0.05) is 6.42 Å². The lowest BCUT2D eigenvalue weighted by molar-refractivity contribution is 0.217. The Hall–Kier alpha value is -0.460. The van der Waals surface area contributed by atoms with Crippen molar-refractivity contribution in [2.45, 2.75) is 33.1 Å². The first kappa shape index (κ1) is 8.54. The van der Waals surface area contributed by atoms with Crippen molar-refractivity contribution in [2.24, 2.45) is 0 Å². The standard InChI is InChI=1S/C8H15O/c1-4-6-7-8(3)9-5-2/h3H,4-7H2,1-2H3. The van der Waals surface area contributed by atoms with Crippen molar-refractivity contribution in [3.05, 3.63) is 12.3 Å². The van der Waals surface area contributed by atoms with E-state index in [2.05, 4.69) is 6.92 Å². The molecule has 9 heavy (non-hydrogen) atoms. The molecular weight excluding hydrogens is 112 g/mol. The van der Waals surface area contributed by atoms with Crippen molar-refractivity contribution >= 4 is 0 Å². The van der Waals surface area contributed by atoms with E-state index in [1.807, 2.05) is 6.92 Å². The molecule has 0 atom stereocenters. The quantitative estimate of drug-likeness (QED) is 0.516. The summed E-state index contributed by atoms with van der Waals surface area (Å²) in [6, 6.07) is 0. The van der Waals surface area contributed by atoms with Gasteiger partial charge in [0.2, 0.25) is 0 Å². The summed E-state index contributed by atoms with van der Waals surface area (Å²) < 4.78 is 5.04. The summed E-state index contributed by atoms with van der Waals surface area (Å²) in [5.74, 6) is 0.680. The summed E-state index contributed by atoms with van der Waals surface area (Å²) in [5, 5.41) is 0. The van der Waals surface area contributed by atoms with Gasteiger partial charge in [-0.3, -0.25) is 0 Å². The van der Waals surface area contributed by atoms with Gasteiger partial charge in [0.25, 0.3) is 0 Å². The molecule has 0 rings (SSSR count). The predicted octanol–water partition coefficient (Wildman–Crippen LogP) is 2.53. The van der Waals surface area contributed by atoms with Crippen LogP contribution in [0.2, 0.25) is 0 Å². The third-order valence-corrected chi connectivity index (χ3v) is 1.11. The smallest absolute Gasteiger partial charge is 0.0960 e. The summed E-state index contributed by atoms with van der Waals surface area (Å²) >= 11 is 0. The van der Waals surface area contributed by atoms with Gasteiger partial charge in [-0.1, -0.05) is 13.3 Å². The first-order chi connectivity index (χ1) is 4.31. The zero-order valence-electron chi connectivity index (χ0n) is 6.31. The summed E-state index contributed by atoms with van der Waals surface area (Å²) in [6.07, 6.45) is 3.21. The van der Waals surface area contributed by atoms with Crippen molar-refractivity contribution in [2.75, 3.05) is 6.61 Å². The fourth-order valence-corrected chi connectivity index (χ4v) is 0.609. The minimum Gasteiger partial charge on any atom is -0.498 e. The molecule has 0 aliphatic carbocycles. The molecule has 0 fully saturated rings. The third-order valence-electron chi connectivity index (χ3n) is 1.11. The summed E-state index contributed by atoms with van der Waals surface area (Å²) in [4.78, 5) is 0. The molecule has 0 aromatic heterocycles. The topological polar surface area (TPSA) is 9.23 Å². The fraction of sp³-hybridized carbons (Fsp3) is 0.750. The van der Waals surface area contributed by atoms with E-state index in [1.54, 1.807) is 0 Å². The Balaban J connectivity index is 3.06. The van der Waals surface area contributed by atoms with Crippen LogP contribution in [0.4, 0.5) is 0 Å². The van der Waals surface area contributed by atoms with Crippen LogP contribution in [0.15, 0.2) is 5.76 Å². The SMILES string of the molecule is [CH]=C(CCCC)OCC. The molecular formula is C8H15O. The van der Waals surface area contributed by atoms with E-state index in [1.165, 1.54) is 6.42 Å². The molecule has 0 saturated carbocycles. The Morgan fingerprint density at radius 3 is 2.56 bits per heavy atom. The molecule has 1 nitrogen and oxygen atoms in total. The average molecular weight is 127 g/mol. The minimum absolute atomic E-state index is 0.680. The first-order valence-electron chi connectivity index (χ1n) is 3.55. The van der Waals surface area contributed by atoms with Crippen LogP contribution in [0.1, 0.15) is 33.1 Å². The van der Waals surface area contributed by atoms with Crippen LogP contribution < -0.4 is 0 Å². The number of ether oxygens (including phenoxy) is 1. The molecule has 0 aromatic carbocycles. The van der Waals surface area contributed by atoms with E-state index in [-0.39, 0.29) is 0 Å². The Kier molecular flexibility index (Phi) is 5.38. The third kappa shape index (κ3) is 5.41. The zero-order valence-corrected chi connectivity index (χ0v) is 6.31. The van der Waals surface area contributed by atoms with Crippen LogP contribution in [-0.2, 0) is 4.74 Å². The fourth-order valence-electron chi connectivity index (χ4n) is 0.609. The summed E-state index contributed by atoms with van der Waals surface area (Å²) in [5.41, 5.74) is 0. The van der Waals surface area contributed by atoms with Crippen LogP contribution in [0, 0.1) is 6.58 Å². The van der Waals surface area contributed by atoms with Gasteiger partial charge < -0.3 is 4.74 Å². The average Bonchev–Trinajstić information content (AvgIpc) is 1.85. The van der Waals surface area contributed by atoms with Crippen LogP contribution in [-0.4, -0.2) is 6.61 Å². The van der Waals surface area contributed by atoms with Crippen molar-refractivity contribution in [3.63, 3.8) is 0 Å². The molecule has 0 aliphatic rings. The lowest BCUT2D eigenvalue weighted by Crippen LogP contribution is -1.89. The van der Waals surface area contributed by atoms with Gasteiger partial charge in [-0.25, -0.2) is 0 Å². The number of rotatable bonds is 5. The van der Waals surface area contributed by atoms with E-state index in [4.69, 9.17) is 11.3 Å². The van der Waals surface area contributed by atoms with E-state index < -0.39 is 0 Å². The Bertz CT molecular complexity index is 76.6. The second-order valence-electron chi connectivity index (χ2n) is 2.00. The second-order valence-corrected chi connectivity index (χ2v) is 2.00. The Morgan fingerprint density at radius 2 is 2.11 bits per heavy atom. The van der Waals surface area contributed by atoms with Gasteiger partial charge in [0.15, 0.2) is 0 Å². The normalized spacial score (nSPS) is 9.11. The molecule has 0 unspecified atom stereocenters. The minimum atomic E-state index is 0.680. The molecule has 0 N–H and O–H groups in total. The number of hydrogen-bond donors (Lipinski definition) is 0. The Labute approximate surface area is 57.7 Å². The monoisotopic (exact) mass is 127 g/mol. The lowest BCUT2D eigenvalue weighted by atomic mass is 10.2. The van der Waals surface area contributed by atoms with Gasteiger partial charge in [0.1, 0.15) is 0 Å². The number of unbranched alkanes of at least 4 members (excludes halogenated alkanes) is 1. The van der Waals surface area contributed by atoms with E-state index in [0.29, 0.717) is 12.4 Å². The summed E-state index contributed by atoms with van der Waals surface area (Å²) in [7, 11) is 0. The van der Waals surface area contributed by atoms with Gasteiger partial charge in [-0.15, -0.1) is 0 Å². The van der Waals surface area contributed by atoms with Crippen molar-refractivity contribution in [1.82, 2.24) is 0 Å². The van der Waals surface area contributed by atoms with Crippen LogP contribution in [0.5, 0.6) is 0 Å². The van der Waals surface area contributed by atoms with Gasteiger partial charge in [0.05, 0.1) is 12.4 Å². The molecule has 0 amide bonds. The van der Waals surface area contributed by atoms with Crippen molar-refractivity contribution < 1.29 is 4.74 Å². The van der Waals surface area contributed by atoms with Gasteiger partial charge in [-0.2, -0.15) is 0 Å². The van der Waals surface area contributed by atoms with Gasteiger partial charge in [-0.05, 0) is 19.9 Å². The Morgan fingerprint density at radius 1 is 1.44 bits per heavy atom. The molecule has 0 bridgehead atoms. The first-order valence-corrected chi connectivity index (χ1v) is 3.55. The van der Waals surface area contributed by atoms with Crippen LogP contribution in [0.25, 0.3) is 0 Å². The van der Waals surface area contributed by atoms with Crippen LogP contribution >= 0.6 is 0 Å². The molecule has 53 valence electrons. The maximum absolute atomic E-state index is 5.46. The van der Waals surface area contributed by atoms with E-state index in [9.17, 15) is 0 Å². The molecule has 0 aromatic rings. The molecule has 1 radical (unpaired) electrons. The predicted molar refractivity (Wildman–Crippen MR) is 39.0 cm³/mol. The van der Waals surface area contributed by atoms with Crippen molar-refractivity contribution in [3.8, 4) is 0 Å². The highest BCUT2D eigenvalue weighted by molar-refractivity contribution is 4.77. The van der Waals surface area contributed by atoms with Gasteiger partial charge >= 0.3 is 0 Å². The maximum atomic E-state index is 5.46. The molecule has 0 saturated heterocycles. The molecule has 0 aliphatic heterocycles. The molecule has 0 spiro atoms. The molecule has 1 heteroatoms. The van der Waals surface area contributed by atoms with E-state index in [0.717, 1.165) is 12.8 Å². The zero-order chi connectivity index (χ0) is 7.11. The lowest BCUT2D eigenvalue weighted by Gasteiger charge is -2.03. The second kappa shape index (κ2) is 5.67. The summed E-state index contributed by atoms with van der Waals surface area (Å²) in [6.45, 7) is 10.2. The highest BCUT2D eigenvalue weighted by Gasteiger charge is 1.90. The highest BCUT2D eigenvalue weighted by atomic mass is 16.5. The van der Waals surface area contributed by atoms with Crippen molar-refractivity contribution in [1.29, 1.82) is 0 Å². The maximum Gasteiger partial charge on any atom is 0.0960 e. The highest BCUT2D eigenvalue weighted by Crippen LogP contribution is 2.04. The van der Waals surface area contributed by atoms with E-state index >= 15 is 0 Å². The molecule has 0 heterocycles. The van der Waals surface area contributed by atoms with Crippen LogP contribution in [0.3, 0.4) is 0 Å². The largest absolute Gasteiger partial charge is 0.498 e.